The summed E-state index contributed by atoms with van der Waals surface area (Å²) in [5.74, 6) is -0.526. The normalized spacial score (nSPS) is 29.3. The van der Waals surface area contributed by atoms with Crippen LogP contribution in [-0.2, 0) is 20.8 Å². The van der Waals surface area contributed by atoms with E-state index in [4.69, 9.17) is 0 Å². The summed E-state index contributed by atoms with van der Waals surface area (Å²) in [6.45, 7) is 2.19. The van der Waals surface area contributed by atoms with Crippen LogP contribution in [-0.4, -0.2) is 39.4 Å². The topological polar surface area (TPSA) is 92.3 Å². The minimum atomic E-state index is -0.249. The molecule has 0 aromatic carbocycles. The minimum Gasteiger partial charge on any atom is -0.300 e. The molecule has 1 saturated carbocycles. The number of carbonyl (C=O) groups excluding carboxylic acids is 3. The predicted octanol–water partition coefficient (Wildman–Crippen LogP) is 2.02. The Labute approximate surface area is 155 Å². The monoisotopic (exact) mass is 374 g/mol. The number of imide groups is 1. The van der Waals surface area contributed by atoms with Gasteiger partial charge in [0.1, 0.15) is 5.01 Å². The molecule has 4 aliphatic rings. The number of nitrogens with one attached hydrogen (secondary N) is 1. The highest BCUT2D eigenvalue weighted by Crippen LogP contribution is 2.49. The maximum absolute atomic E-state index is 12.7. The Kier molecular flexibility index (Phi) is 4.60. The maximum atomic E-state index is 12.7. The van der Waals surface area contributed by atoms with Crippen LogP contribution in [0.3, 0.4) is 0 Å². The number of carbonyl (C=O) groups is 3. The first kappa shape index (κ1) is 17.3. The van der Waals surface area contributed by atoms with Crippen molar-refractivity contribution in [2.45, 2.75) is 39.0 Å². The molecule has 26 heavy (non-hydrogen) atoms. The second kappa shape index (κ2) is 6.90. The average molecular weight is 374 g/mol. The molecule has 4 unspecified atom stereocenters. The third kappa shape index (κ3) is 2.96. The van der Waals surface area contributed by atoms with E-state index >= 15 is 0 Å². The zero-order valence-corrected chi connectivity index (χ0v) is 15.5. The van der Waals surface area contributed by atoms with Crippen molar-refractivity contribution in [1.82, 2.24) is 15.1 Å². The number of amides is 3. The summed E-state index contributed by atoms with van der Waals surface area (Å²) in [5.41, 5.74) is 0. The fourth-order valence-electron chi connectivity index (χ4n) is 4.37. The Morgan fingerprint density at radius 1 is 1.19 bits per heavy atom. The molecule has 1 saturated heterocycles. The molecule has 2 fully saturated rings. The smallest absolute Gasteiger partial charge is 0.233 e. The average Bonchev–Trinajstić information content (AvgIpc) is 3.19. The van der Waals surface area contributed by atoms with Crippen molar-refractivity contribution in [3.05, 3.63) is 17.2 Å². The lowest BCUT2D eigenvalue weighted by atomic mass is 9.63. The molecule has 138 valence electrons. The van der Waals surface area contributed by atoms with Gasteiger partial charge in [-0.2, -0.15) is 0 Å². The van der Waals surface area contributed by atoms with E-state index < -0.39 is 0 Å². The standard InChI is InChI=1S/C18H22N4O3S/c1-2-3-13-20-21-18(26-13)19-12(23)8-9-22-16(24)14-10-4-5-11(7-6-10)15(14)17(22)25/h4-5,10-11,14-15H,2-3,6-9H2,1H3,(H,19,21,23). The van der Waals surface area contributed by atoms with Gasteiger partial charge < -0.3 is 5.32 Å². The molecule has 1 aromatic heterocycles. The highest BCUT2D eigenvalue weighted by Gasteiger charge is 2.56. The van der Waals surface area contributed by atoms with Gasteiger partial charge in [0.15, 0.2) is 0 Å². The maximum Gasteiger partial charge on any atom is 0.233 e. The number of nitrogens with zero attached hydrogens (tertiary/aromatic N) is 3. The van der Waals surface area contributed by atoms with Crippen LogP contribution in [0.1, 0.15) is 37.6 Å². The fraction of sp³-hybridized carbons (Fsp3) is 0.611. The molecular formula is C18H22N4O3S. The summed E-state index contributed by atoms with van der Waals surface area (Å²) in [7, 11) is 0. The lowest BCUT2D eigenvalue weighted by Gasteiger charge is -2.38. The van der Waals surface area contributed by atoms with Gasteiger partial charge in [-0.1, -0.05) is 30.4 Å². The molecule has 1 aliphatic heterocycles. The van der Waals surface area contributed by atoms with E-state index in [0.717, 1.165) is 30.7 Å². The molecule has 3 amide bonds. The molecular weight excluding hydrogens is 352 g/mol. The number of allylic oxidation sites excluding steroid dienone is 2. The number of hydrogen-bond acceptors (Lipinski definition) is 6. The predicted molar refractivity (Wildman–Crippen MR) is 96.2 cm³/mol. The quantitative estimate of drug-likeness (QED) is 0.607. The van der Waals surface area contributed by atoms with E-state index in [-0.39, 0.29) is 54.4 Å². The molecule has 0 radical (unpaired) electrons. The Bertz CT molecular complexity index is 742. The Morgan fingerprint density at radius 3 is 2.42 bits per heavy atom. The van der Waals surface area contributed by atoms with Crippen LogP contribution in [0.5, 0.6) is 0 Å². The first-order chi connectivity index (χ1) is 12.6. The van der Waals surface area contributed by atoms with Gasteiger partial charge in [-0.05, 0) is 31.1 Å². The zero-order valence-electron chi connectivity index (χ0n) is 14.7. The van der Waals surface area contributed by atoms with Gasteiger partial charge in [0.05, 0.1) is 11.8 Å². The zero-order chi connectivity index (χ0) is 18.3. The van der Waals surface area contributed by atoms with Gasteiger partial charge in [0.25, 0.3) is 0 Å². The number of fused-ring (bicyclic) bond motifs is 1. The van der Waals surface area contributed by atoms with Crippen molar-refractivity contribution in [1.29, 1.82) is 0 Å². The van der Waals surface area contributed by atoms with Gasteiger partial charge in [0.2, 0.25) is 22.9 Å². The largest absolute Gasteiger partial charge is 0.300 e. The van der Waals surface area contributed by atoms with Crippen LogP contribution in [0.15, 0.2) is 12.2 Å². The molecule has 0 spiro atoms. The van der Waals surface area contributed by atoms with Crippen LogP contribution in [0, 0.1) is 23.7 Å². The van der Waals surface area contributed by atoms with E-state index in [1.807, 2.05) is 0 Å². The summed E-state index contributed by atoms with van der Waals surface area (Å²) in [4.78, 5) is 38.9. The fourth-order valence-corrected chi connectivity index (χ4v) is 5.23. The molecule has 8 heteroatoms. The summed E-state index contributed by atoms with van der Waals surface area (Å²) in [6, 6.07) is 0. The van der Waals surface area contributed by atoms with Crippen LogP contribution >= 0.6 is 11.3 Å². The van der Waals surface area contributed by atoms with Gasteiger partial charge >= 0.3 is 0 Å². The number of rotatable bonds is 6. The van der Waals surface area contributed by atoms with Crippen LogP contribution in [0.2, 0.25) is 0 Å². The van der Waals surface area contributed by atoms with E-state index in [2.05, 4.69) is 34.6 Å². The Hall–Kier alpha value is -2.09. The first-order valence-corrected chi connectivity index (χ1v) is 10.1. The molecule has 7 nitrogen and oxygen atoms in total. The van der Waals surface area contributed by atoms with Crippen molar-refractivity contribution in [2.75, 3.05) is 11.9 Å². The molecule has 5 rings (SSSR count). The van der Waals surface area contributed by atoms with Crippen molar-refractivity contribution in [3.8, 4) is 0 Å². The van der Waals surface area contributed by atoms with E-state index in [9.17, 15) is 14.4 Å². The molecule has 2 bridgehead atoms. The SMILES string of the molecule is CCCc1nnc(NC(=O)CCN2C(=O)C3C4C=CC(CC4)C3C2=O)s1. The summed E-state index contributed by atoms with van der Waals surface area (Å²) in [5, 5.41) is 12.0. The molecule has 3 aliphatic carbocycles. The van der Waals surface area contributed by atoms with Gasteiger partial charge in [-0.3, -0.25) is 19.3 Å². The van der Waals surface area contributed by atoms with Gasteiger partial charge in [-0.25, -0.2) is 0 Å². The molecule has 2 heterocycles. The van der Waals surface area contributed by atoms with Crippen molar-refractivity contribution < 1.29 is 14.4 Å². The lowest BCUT2D eigenvalue weighted by molar-refractivity contribution is -0.140. The minimum absolute atomic E-state index is 0.0857. The second-order valence-corrected chi connectivity index (χ2v) is 8.28. The van der Waals surface area contributed by atoms with Crippen LogP contribution < -0.4 is 5.32 Å². The number of likely N-dealkylation sites (tertiary alicyclic amines) is 1. The third-order valence-corrected chi connectivity index (χ3v) is 6.49. The van der Waals surface area contributed by atoms with E-state index in [1.165, 1.54) is 16.2 Å². The second-order valence-electron chi connectivity index (χ2n) is 7.22. The van der Waals surface area contributed by atoms with E-state index in [0.29, 0.717) is 5.13 Å². The number of aryl methyl sites for hydroxylation is 1. The highest BCUT2D eigenvalue weighted by atomic mass is 32.1. The highest BCUT2D eigenvalue weighted by molar-refractivity contribution is 7.15. The number of hydrogen-bond donors (Lipinski definition) is 1. The van der Waals surface area contributed by atoms with Gasteiger partial charge in [0, 0.05) is 19.4 Å². The van der Waals surface area contributed by atoms with E-state index in [1.54, 1.807) is 0 Å². The summed E-state index contributed by atoms with van der Waals surface area (Å²) >= 11 is 1.36. The molecule has 1 aromatic rings. The van der Waals surface area contributed by atoms with Crippen molar-refractivity contribution >= 4 is 34.2 Å². The first-order valence-electron chi connectivity index (χ1n) is 9.24. The summed E-state index contributed by atoms with van der Waals surface area (Å²) in [6.07, 6.45) is 8.05. The third-order valence-electron chi connectivity index (χ3n) is 5.59. The molecule has 1 N–H and O–H groups in total. The molecule has 4 atom stereocenters. The van der Waals surface area contributed by atoms with Crippen molar-refractivity contribution in [2.24, 2.45) is 23.7 Å². The van der Waals surface area contributed by atoms with Crippen LogP contribution in [0.25, 0.3) is 0 Å². The number of aromatic nitrogens is 2. The lowest BCUT2D eigenvalue weighted by Crippen LogP contribution is -2.38. The van der Waals surface area contributed by atoms with Crippen molar-refractivity contribution in [3.63, 3.8) is 0 Å². The Balaban J connectivity index is 1.35. The van der Waals surface area contributed by atoms with Crippen LogP contribution in [0.4, 0.5) is 5.13 Å². The number of anilines is 1. The summed E-state index contributed by atoms with van der Waals surface area (Å²) < 4.78 is 0. The van der Waals surface area contributed by atoms with Gasteiger partial charge in [-0.15, -0.1) is 10.2 Å². The Morgan fingerprint density at radius 2 is 1.85 bits per heavy atom.